The van der Waals surface area contributed by atoms with Gasteiger partial charge >= 0.3 is 5.97 Å². The van der Waals surface area contributed by atoms with Crippen LogP contribution in [0.25, 0.3) is 0 Å². The summed E-state index contributed by atoms with van der Waals surface area (Å²) in [6, 6.07) is 0. The highest BCUT2D eigenvalue weighted by Crippen LogP contribution is 2.41. The van der Waals surface area contributed by atoms with Crippen LogP contribution in [-0.4, -0.2) is 12.6 Å². The lowest BCUT2D eigenvalue weighted by Crippen LogP contribution is -2.28. The van der Waals surface area contributed by atoms with Crippen molar-refractivity contribution in [3.05, 3.63) is 23.8 Å². The molecule has 164 valence electrons. The largest absolute Gasteiger partial charge is 0.461 e. The monoisotopic (exact) mass is 400 g/mol. The zero-order chi connectivity index (χ0) is 20.6. The van der Waals surface area contributed by atoms with Crippen LogP contribution in [0.2, 0.25) is 0 Å². The van der Waals surface area contributed by atoms with Crippen molar-refractivity contribution in [3.8, 4) is 0 Å². The van der Waals surface area contributed by atoms with Crippen LogP contribution in [-0.2, 0) is 9.53 Å². The Labute approximate surface area is 179 Å². The van der Waals surface area contributed by atoms with Gasteiger partial charge < -0.3 is 4.74 Å². The van der Waals surface area contributed by atoms with Gasteiger partial charge in [0.05, 0.1) is 5.92 Å². The maximum atomic E-state index is 12.5. The van der Waals surface area contributed by atoms with E-state index in [9.17, 15) is 4.79 Å². The minimum atomic E-state index is 0.0406. The Morgan fingerprint density at radius 1 is 0.759 bits per heavy atom. The quantitative estimate of drug-likeness (QED) is 0.341. The summed E-state index contributed by atoms with van der Waals surface area (Å²) in [7, 11) is 0. The van der Waals surface area contributed by atoms with Gasteiger partial charge in [0.2, 0.25) is 0 Å². The summed E-state index contributed by atoms with van der Waals surface area (Å²) in [4.78, 5) is 12.5. The lowest BCUT2D eigenvalue weighted by atomic mass is 9.69. The van der Waals surface area contributed by atoms with E-state index in [4.69, 9.17) is 4.74 Å². The summed E-state index contributed by atoms with van der Waals surface area (Å²) >= 11 is 0. The van der Waals surface area contributed by atoms with Crippen molar-refractivity contribution in [2.75, 3.05) is 6.61 Å². The zero-order valence-corrected chi connectivity index (χ0v) is 19.2. The minimum Gasteiger partial charge on any atom is -0.461 e. The van der Waals surface area contributed by atoms with E-state index >= 15 is 0 Å². The van der Waals surface area contributed by atoms with Crippen LogP contribution in [0.15, 0.2) is 23.8 Å². The van der Waals surface area contributed by atoms with E-state index in [1.165, 1.54) is 69.8 Å². The number of carbonyl (C=O) groups is 1. The maximum Gasteiger partial charge on any atom is 0.309 e. The third kappa shape index (κ3) is 6.72. The molecule has 0 heterocycles. The molecule has 29 heavy (non-hydrogen) atoms. The Balaban J connectivity index is 1.35. The number of hydrogen-bond acceptors (Lipinski definition) is 2. The van der Waals surface area contributed by atoms with Gasteiger partial charge in [0.25, 0.3) is 0 Å². The molecule has 0 saturated heterocycles. The van der Waals surface area contributed by atoms with Gasteiger partial charge in [-0.3, -0.25) is 4.79 Å². The fraction of sp³-hybridized carbons (Fsp3) is 0.815. The second kappa shape index (κ2) is 11.4. The lowest BCUT2D eigenvalue weighted by molar-refractivity contribution is -0.148. The predicted octanol–water partition coefficient (Wildman–Crippen LogP) is 7.49. The van der Waals surface area contributed by atoms with Crippen LogP contribution >= 0.6 is 0 Å². The average molecular weight is 401 g/mol. The van der Waals surface area contributed by atoms with Crippen molar-refractivity contribution < 1.29 is 9.53 Å². The molecule has 3 fully saturated rings. The Hall–Kier alpha value is -1.05. The summed E-state index contributed by atoms with van der Waals surface area (Å²) in [5.41, 5.74) is 1.43. The Morgan fingerprint density at radius 2 is 1.24 bits per heavy atom. The van der Waals surface area contributed by atoms with Crippen molar-refractivity contribution in [1.29, 1.82) is 0 Å². The normalized spacial score (nSPS) is 36.9. The molecule has 3 rings (SSSR count). The van der Waals surface area contributed by atoms with Gasteiger partial charge in [-0.25, -0.2) is 0 Å². The molecule has 0 unspecified atom stereocenters. The zero-order valence-electron chi connectivity index (χ0n) is 19.2. The highest BCUT2D eigenvalue weighted by Gasteiger charge is 2.32. The van der Waals surface area contributed by atoms with Gasteiger partial charge in [0, 0.05) is 0 Å². The number of hydrogen-bond donors (Lipinski definition) is 0. The van der Waals surface area contributed by atoms with E-state index in [0.717, 1.165) is 36.5 Å². The van der Waals surface area contributed by atoms with Crippen LogP contribution in [0.4, 0.5) is 0 Å². The number of carbonyl (C=O) groups excluding carboxylic acids is 1. The SMILES string of the molecule is C/C=C(\C=C/COC(=O)C1CCC(C2CCC(C)CC2)CC1)C1CCC(C)CC1. The Morgan fingerprint density at radius 3 is 1.79 bits per heavy atom. The second-order valence-corrected chi connectivity index (χ2v) is 10.4. The predicted molar refractivity (Wildman–Crippen MR) is 122 cm³/mol. The smallest absolute Gasteiger partial charge is 0.309 e. The topological polar surface area (TPSA) is 26.3 Å². The first kappa shape index (κ1) is 22.6. The fourth-order valence-corrected chi connectivity index (χ4v) is 6.08. The first-order valence-corrected chi connectivity index (χ1v) is 12.6. The molecule has 0 bridgehead atoms. The third-order valence-electron chi connectivity index (χ3n) is 8.29. The van der Waals surface area contributed by atoms with Crippen LogP contribution in [0, 0.1) is 35.5 Å². The van der Waals surface area contributed by atoms with Gasteiger partial charge in [-0.1, -0.05) is 51.7 Å². The molecule has 0 aromatic heterocycles. The van der Waals surface area contributed by atoms with Crippen LogP contribution in [0.5, 0.6) is 0 Å². The molecule has 0 aliphatic heterocycles. The van der Waals surface area contributed by atoms with Crippen molar-refractivity contribution in [3.63, 3.8) is 0 Å². The minimum absolute atomic E-state index is 0.0406. The van der Waals surface area contributed by atoms with Crippen molar-refractivity contribution in [1.82, 2.24) is 0 Å². The van der Waals surface area contributed by atoms with Gasteiger partial charge in [0.15, 0.2) is 0 Å². The second-order valence-electron chi connectivity index (χ2n) is 10.4. The standard InChI is InChI=1S/C27H44O2/c1-4-22(23-11-7-20(2)8-12-23)6-5-19-29-27(28)26-17-15-25(16-18-26)24-13-9-21(3)10-14-24/h4-6,20-21,23-26H,7-19H2,1-3H3/b6-5-,22-4+. The van der Waals surface area contributed by atoms with E-state index < -0.39 is 0 Å². The summed E-state index contributed by atoms with van der Waals surface area (Å²) in [6.45, 7) is 7.32. The average Bonchev–Trinajstić information content (AvgIpc) is 2.75. The summed E-state index contributed by atoms with van der Waals surface area (Å²) in [5.74, 6) is 4.47. The molecule has 2 nitrogen and oxygen atoms in total. The molecule has 0 atom stereocenters. The van der Waals surface area contributed by atoms with Crippen molar-refractivity contribution in [2.45, 2.75) is 97.8 Å². The van der Waals surface area contributed by atoms with E-state index in [1.807, 2.05) is 0 Å². The van der Waals surface area contributed by atoms with Crippen molar-refractivity contribution >= 4 is 5.97 Å². The molecule has 0 spiro atoms. The number of rotatable bonds is 6. The molecule has 0 radical (unpaired) electrons. The first-order chi connectivity index (χ1) is 14.1. The van der Waals surface area contributed by atoms with Crippen LogP contribution in [0.3, 0.4) is 0 Å². The highest BCUT2D eigenvalue weighted by atomic mass is 16.5. The number of allylic oxidation sites excluding steroid dienone is 3. The molecule has 0 N–H and O–H groups in total. The molecule has 2 heteroatoms. The molecule has 3 aliphatic rings. The molecular weight excluding hydrogens is 356 g/mol. The molecule has 0 aromatic rings. The van der Waals surface area contributed by atoms with E-state index in [0.29, 0.717) is 12.5 Å². The Kier molecular flexibility index (Phi) is 8.87. The molecule has 0 aromatic carbocycles. The van der Waals surface area contributed by atoms with Crippen molar-refractivity contribution in [2.24, 2.45) is 35.5 Å². The molecule has 0 amide bonds. The number of esters is 1. The third-order valence-corrected chi connectivity index (χ3v) is 8.29. The number of ether oxygens (including phenoxy) is 1. The molecule has 3 aliphatic carbocycles. The summed E-state index contributed by atoms with van der Waals surface area (Å²) in [5, 5.41) is 0. The maximum absolute atomic E-state index is 12.5. The van der Waals surface area contributed by atoms with Crippen LogP contribution in [0.1, 0.15) is 97.8 Å². The van der Waals surface area contributed by atoms with Crippen LogP contribution < -0.4 is 0 Å². The highest BCUT2D eigenvalue weighted by molar-refractivity contribution is 5.72. The van der Waals surface area contributed by atoms with E-state index in [2.05, 4.69) is 39.0 Å². The lowest BCUT2D eigenvalue weighted by Gasteiger charge is -2.36. The molecule has 3 saturated carbocycles. The molecular formula is C27H44O2. The Bertz CT molecular complexity index is 551. The van der Waals surface area contributed by atoms with E-state index in [1.54, 1.807) is 0 Å². The van der Waals surface area contributed by atoms with Gasteiger partial charge in [-0.15, -0.1) is 0 Å². The van der Waals surface area contributed by atoms with Gasteiger partial charge in [-0.05, 0) is 99.5 Å². The van der Waals surface area contributed by atoms with E-state index in [-0.39, 0.29) is 11.9 Å². The summed E-state index contributed by atoms with van der Waals surface area (Å²) < 4.78 is 5.62. The fourth-order valence-electron chi connectivity index (χ4n) is 6.08. The summed E-state index contributed by atoms with van der Waals surface area (Å²) in [6.07, 6.45) is 22.0. The first-order valence-electron chi connectivity index (χ1n) is 12.6. The van der Waals surface area contributed by atoms with Gasteiger partial charge in [0.1, 0.15) is 6.61 Å². The van der Waals surface area contributed by atoms with Gasteiger partial charge in [-0.2, -0.15) is 0 Å².